The number of benzene rings is 1. The average Bonchev–Trinajstić information content (AvgIpc) is 3.00. The molecule has 4 rings (SSSR count). The molecule has 0 saturated heterocycles. The van der Waals surface area contributed by atoms with Crippen LogP contribution in [0.15, 0.2) is 34.9 Å². The second-order valence-electron chi connectivity index (χ2n) is 7.24. The highest BCUT2D eigenvalue weighted by Gasteiger charge is 2.36. The van der Waals surface area contributed by atoms with Crippen LogP contribution in [0.2, 0.25) is 0 Å². The molecule has 2 aromatic heterocycles. The van der Waals surface area contributed by atoms with Gasteiger partial charge in [-0.25, -0.2) is 0 Å². The number of furan rings is 1. The summed E-state index contributed by atoms with van der Waals surface area (Å²) in [5.41, 5.74) is 2.82. The van der Waals surface area contributed by atoms with Gasteiger partial charge in [0.05, 0.1) is 23.8 Å². The van der Waals surface area contributed by atoms with Crippen molar-refractivity contribution in [2.24, 2.45) is 5.41 Å². The van der Waals surface area contributed by atoms with Crippen LogP contribution in [0.1, 0.15) is 47.7 Å². The first-order valence-corrected chi connectivity index (χ1v) is 7.99. The van der Waals surface area contributed by atoms with Gasteiger partial charge < -0.3 is 4.42 Å². The molecule has 1 aliphatic carbocycles. The van der Waals surface area contributed by atoms with Crippen LogP contribution in [-0.4, -0.2) is 15.6 Å². The third-order valence-corrected chi connectivity index (χ3v) is 4.70. The summed E-state index contributed by atoms with van der Waals surface area (Å²) in [5, 5.41) is 5.58. The predicted molar refractivity (Wildman–Crippen MR) is 88.7 cm³/mol. The number of ketones is 1. The number of carbonyl (C=O) groups excluding carboxylic acids is 1. The van der Waals surface area contributed by atoms with E-state index in [2.05, 4.69) is 25.0 Å². The predicted octanol–water partition coefficient (Wildman–Crippen LogP) is 4.14. The van der Waals surface area contributed by atoms with Crippen molar-refractivity contribution in [1.82, 2.24) is 9.78 Å². The van der Waals surface area contributed by atoms with Crippen molar-refractivity contribution in [1.29, 1.82) is 0 Å². The summed E-state index contributed by atoms with van der Waals surface area (Å²) in [6, 6.07) is 8.11. The molecule has 0 spiro atoms. The monoisotopic (exact) mass is 308 g/mol. The van der Waals surface area contributed by atoms with E-state index in [0.717, 1.165) is 40.0 Å². The van der Waals surface area contributed by atoms with Crippen LogP contribution in [-0.2, 0) is 13.0 Å². The van der Waals surface area contributed by atoms with Crippen molar-refractivity contribution in [2.75, 3.05) is 0 Å². The first-order chi connectivity index (χ1) is 10.9. The molecule has 118 valence electrons. The third-order valence-electron chi connectivity index (χ3n) is 4.70. The Morgan fingerprint density at radius 1 is 1.26 bits per heavy atom. The Morgan fingerprint density at radius 3 is 2.87 bits per heavy atom. The molecule has 23 heavy (non-hydrogen) atoms. The van der Waals surface area contributed by atoms with Gasteiger partial charge in [-0.05, 0) is 18.4 Å². The molecule has 0 atom stereocenters. The van der Waals surface area contributed by atoms with Gasteiger partial charge in [0.15, 0.2) is 5.78 Å². The normalized spacial score (nSPS) is 16.7. The van der Waals surface area contributed by atoms with E-state index >= 15 is 0 Å². The van der Waals surface area contributed by atoms with E-state index in [-0.39, 0.29) is 11.2 Å². The standard InChI is InChI=1S/C19H20N2O2/c1-12-14(11-21-15-7-5-4-6-13(15)10-20-21)18-16(22)8-19(2,3)9-17(18)23-12/h4-7,10H,8-9,11H2,1-3H3. The molecular weight excluding hydrogens is 288 g/mol. The van der Waals surface area contributed by atoms with E-state index in [0.29, 0.717) is 13.0 Å². The minimum atomic E-state index is -0.0238. The van der Waals surface area contributed by atoms with Crippen molar-refractivity contribution in [2.45, 2.75) is 40.2 Å². The van der Waals surface area contributed by atoms with Crippen LogP contribution in [0, 0.1) is 12.3 Å². The van der Waals surface area contributed by atoms with Gasteiger partial charge in [-0.1, -0.05) is 32.0 Å². The number of aryl methyl sites for hydroxylation is 1. The fourth-order valence-electron chi connectivity index (χ4n) is 3.60. The Bertz CT molecular complexity index is 915. The van der Waals surface area contributed by atoms with Gasteiger partial charge in [-0.15, -0.1) is 0 Å². The first kappa shape index (κ1) is 14.2. The van der Waals surface area contributed by atoms with Crippen LogP contribution in [0.4, 0.5) is 0 Å². The summed E-state index contributed by atoms with van der Waals surface area (Å²) in [7, 11) is 0. The number of carbonyl (C=O) groups is 1. The zero-order chi connectivity index (χ0) is 16.2. The summed E-state index contributed by atoms with van der Waals surface area (Å²) in [6.07, 6.45) is 3.25. The number of hydrogen-bond donors (Lipinski definition) is 0. The van der Waals surface area contributed by atoms with Crippen molar-refractivity contribution in [3.63, 3.8) is 0 Å². The van der Waals surface area contributed by atoms with Crippen LogP contribution in [0.5, 0.6) is 0 Å². The highest BCUT2D eigenvalue weighted by atomic mass is 16.3. The topological polar surface area (TPSA) is 48.0 Å². The Balaban J connectivity index is 1.79. The summed E-state index contributed by atoms with van der Waals surface area (Å²) >= 11 is 0. The lowest BCUT2D eigenvalue weighted by Gasteiger charge is -2.27. The van der Waals surface area contributed by atoms with Crippen LogP contribution < -0.4 is 0 Å². The molecule has 4 nitrogen and oxygen atoms in total. The highest BCUT2D eigenvalue weighted by molar-refractivity contribution is 6.00. The summed E-state index contributed by atoms with van der Waals surface area (Å²) < 4.78 is 7.89. The maximum absolute atomic E-state index is 12.6. The highest BCUT2D eigenvalue weighted by Crippen LogP contribution is 2.38. The Hall–Kier alpha value is -2.36. The molecule has 0 saturated carbocycles. The molecule has 0 N–H and O–H groups in total. The van der Waals surface area contributed by atoms with Gasteiger partial charge in [0.25, 0.3) is 0 Å². The lowest BCUT2D eigenvalue weighted by atomic mass is 9.76. The molecule has 0 radical (unpaired) electrons. The zero-order valence-electron chi connectivity index (χ0n) is 13.7. The fourth-order valence-corrected chi connectivity index (χ4v) is 3.60. The quantitative estimate of drug-likeness (QED) is 0.715. The Kier molecular flexibility index (Phi) is 2.98. The number of nitrogens with zero attached hydrogens (tertiary/aromatic N) is 2. The fraction of sp³-hybridized carbons (Fsp3) is 0.368. The van der Waals surface area contributed by atoms with E-state index < -0.39 is 0 Å². The maximum atomic E-state index is 12.6. The SMILES string of the molecule is Cc1oc2c(c1Cn1ncc3ccccc31)C(=O)CC(C)(C)C2. The van der Waals surface area contributed by atoms with Gasteiger partial charge in [0, 0.05) is 23.8 Å². The second kappa shape index (κ2) is 4.82. The molecule has 0 unspecified atom stereocenters. The van der Waals surface area contributed by atoms with Crippen LogP contribution in [0.3, 0.4) is 0 Å². The number of Topliss-reactive ketones (excluding diaryl/α,β-unsaturated/α-hetero) is 1. The van der Waals surface area contributed by atoms with Crippen molar-refractivity contribution >= 4 is 16.7 Å². The summed E-state index contributed by atoms with van der Waals surface area (Å²) in [4.78, 5) is 12.6. The number of hydrogen-bond acceptors (Lipinski definition) is 3. The Labute approximate surface area is 135 Å². The van der Waals surface area contributed by atoms with Crippen LogP contribution >= 0.6 is 0 Å². The minimum absolute atomic E-state index is 0.0238. The van der Waals surface area contributed by atoms with Gasteiger partial charge >= 0.3 is 0 Å². The Morgan fingerprint density at radius 2 is 2.04 bits per heavy atom. The number of rotatable bonds is 2. The molecule has 3 aromatic rings. The lowest BCUT2D eigenvalue weighted by molar-refractivity contribution is 0.0903. The molecule has 4 heteroatoms. The van der Waals surface area contributed by atoms with Gasteiger partial charge in [0.2, 0.25) is 0 Å². The molecule has 2 heterocycles. The molecule has 0 amide bonds. The van der Waals surface area contributed by atoms with E-state index in [4.69, 9.17) is 4.42 Å². The summed E-state index contributed by atoms with van der Waals surface area (Å²) in [6.45, 7) is 6.75. The molecule has 1 aromatic carbocycles. The average molecular weight is 308 g/mol. The van der Waals surface area contributed by atoms with E-state index in [9.17, 15) is 4.79 Å². The summed E-state index contributed by atoms with van der Waals surface area (Å²) in [5.74, 6) is 1.87. The second-order valence-corrected chi connectivity index (χ2v) is 7.24. The van der Waals surface area contributed by atoms with Crippen molar-refractivity contribution in [3.8, 4) is 0 Å². The molecule has 0 bridgehead atoms. The van der Waals surface area contributed by atoms with Gasteiger partial charge in [-0.2, -0.15) is 5.10 Å². The van der Waals surface area contributed by atoms with E-state index in [1.54, 1.807) is 0 Å². The third kappa shape index (κ3) is 2.29. The van der Waals surface area contributed by atoms with Crippen LogP contribution in [0.25, 0.3) is 10.9 Å². The molecule has 1 aliphatic rings. The lowest BCUT2D eigenvalue weighted by Crippen LogP contribution is -2.26. The number of aromatic nitrogens is 2. The van der Waals surface area contributed by atoms with Crippen molar-refractivity contribution < 1.29 is 9.21 Å². The minimum Gasteiger partial charge on any atom is -0.465 e. The number of para-hydroxylation sites is 1. The zero-order valence-corrected chi connectivity index (χ0v) is 13.7. The van der Waals surface area contributed by atoms with Crippen molar-refractivity contribution in [3.05, 3.63) is 53.1 Å². The largest absolute Gasteiger partial charge is 0.465 e. The molecule has 0 aliphatic heterocycles. The smallest absolute Gasteiger partial charge is 0.167 e. The van der Waals surface area contributed by atoms with E-state index in [1.807, 2.05) is 36.0 Å². The number of fused-ring (bicyclic) bond motifs is 2. The molecule has 0 fully saturated rings. The first-order valence-electron chi connectivity index (χ1n) is 7.99. The van der Waals surface area contributed by atoms with Gasteiger partial charge in [-0.3, -0.25) is 9.48 Å². The van der Waals surface area contributed by atoms with Gasteiger partial charge in [0.1, 0.15) is 11.5 Å². The molecular formula is C19H20N2O2. The van der Waals surface area contributed by atoms with E-state index in [1.165, 1.54) is 0 Å². The maximum Gasteiger partial charge on any atom is 0.167 e.